The Labute approximate surface area is 222 Å². The first kappa shape index (κ1) is 25.8. The molecule has 38 heavy (non-hydrogen) atoms. The number of carbonyl (C=O) groups is 1. The molecule has 0 saturated heterocycles. The van der Waals surface area contributed by atoms with Gasteiger partial charge in [0, 0.05) is 27.8 Å². The minimum Gasteiger partial charge on any atom is -0.480 e. The number of aliphatic carboxylic acids is 1. The van der Waals surface area contributed by atoms with E-state index in [-0.39, 0.29) is 12.3 Å². The number of nitrogens with zero attached hydrogens (tertiary/aromatic N) is 1. The van der Waals surface area contributed by atoms with Crippen LogP contribution in [0.1, 0.15) is 39.2 Å². The summed E-state index contributed by atoms with van der Waals surface area (Å²) in [5.41, 5.74) is 9.74. The molecule has 3 aromatic carbocycles. The maximum Gasteiger partial charge on any atom is 0.323 e. The van der Waals surface area contributed by atoms with E-state index in [4.69, 9.17) is 0 Å². The second-order valence-corrected chi connectivity index (χ2v) is 12.4. The minimum absolute atomic E-state index is 0.0752. The van der Waals surface area contributed by atoms with Gasteiger partial charge in [0.05, 0.1) is 10.6 Å². The zero-order valence-electron chi connectivity index (χ0n) is 22.1. The highest BCUT2D eigenvalue weighted by molar-refractivity contribution is 7.91. The van der Waals surface area contributed by atoms with Gasteiger partial charge >= 0.3 is 5.97 Å². The highest BCUT2D eigenvalue weighted by Crippen LogP contribution is 2.31. The monoisotopic (exact) mass is 528 g/mol. The Balaban J connectivity index is 0.000000222. The molecule has 0 aliphatic carbocycles. The van der Waals surface area contributed by atoms with E-state index in [1.54, 1.807) is 6.07 Å². The third kappa shape index (κ3) is 4.98. The van der Waals surface area contributed by atoms with Crippen LogP contribution in [0, 0.1) is 27.7 Å². The standard InChI is InChI=1S/C21H21NO4S.C10H11N/c1-13-3-5-17-18(14(2)22(12-21(23)24)19(17)9-13)11-15-4-6-20-16(10-15)7-8-27(20,25)26;1-7-3-4-9-6-8(2)11-10(9)5-7/h3-6,9-10H,7-8,11-12H2,1-2H3,(H,23,24);3-6,11H,1-2H3. The lowest BCUT2D eigenvalue weighted by Gasteiger charge is -2.07. The zero-order chi connectivity index (χ0) is 27.2. The van der Waals surface area contributed by atoms with E-state index >= 15 is 0 Å². The summed E-state index contributed by atoms with van der Waals surface area (Å²) in [6, 6.07) is 20.3. The zero-order valence-corrected chi connectivity index (χ0v) is 22.9. The maximum atomic E-state index is 12.0. The Morgan fingerprint density at radius 2 is 1.68 bits per heavy atom. The first-order valence-corrected chi connectivity index (χ1v) is 14.4. The molecule has 6 rings (SSSR count). The van der Waals surface area contributed by atoms with Gasteiger partial charge in [-0.3, -0.25) is 4.79 Å². The number of carboxylic acid groups (broad SMARTS) is 1. The number of rotatable bonds is 4. The number of sulfone groups is 1. The number of hydrogen-bond acceptors (Lipinski definition) is 3. The molecule has 2 aromatic heterocycles. The van der Waals surface area contributed by atoms with Crippen molar-refractivity contribution < 1.29 is 18.3 Å². The first-order chi connectivity index (χ1) is 18.0. The molecular formula is C31H32N2O4S. The summed E-state index contributed by atoms with van der Waals surface area (Å²) in [4.78, 5) is 15.1. The first-order valence-electron chi connectivity index (χ1n) is 12.7. The van der Waals surface area contributed by atoms with E-state index in [1.165, 1.54) is 22.2 Å². The topological polar surface area (TPSA) is 92.2 Å². The molecule has 0 atom stereocenters. The number of fused-ring (bicyclic) bond motifs is 3. The lowest BCUT2D eigenvalue weighted by atomic mass is 9.99. The fourth-order valence-corrected chi connectivity index (χ4v) is 6.95. The van der Waals surface area contributed by atoms with Crippen molar-refractivity contribution >= 4 is 37.6 Å². The van der Waals surface area contributed by atoms with E-state index in [1.807, 2.05) is 48.7 Å². The predicted octanol–water partition coefficient (Wildman–Crippen LogP) is 6.05. The van der Waals surface area contributed by atoms with Gasteiger partial charge in [-0.2, -0.15) is 0 Å². The van der Waals surface area contributed by atoms with Gasteiger partial charge in [0.25, 0.3) is 0 Å². The quantitative estimate of drug-likeness (QED) is 0.297. The number of benzene rings is 3. The summed E-state index contributed by atoms with van der Waals surface area (Å²) in [7, 11) is -3.12. The summed E-state index contributed by atoms with van der Waals surface area (Å²) in [6.07, 6.45) is 1.20. The number of hydrogen-bond donors (Lipinski definition) is 2. The van der Waals surface area contributed by atoms with E-state index in [0.29, 0.717) is 17.7 Å². The Bertz CT molecular complexity index is 1810. The van der Waals surface area contributed by atoms with Gasteiger partial charge in [0.1, 0.15) is 6.54 Å². The number of nitrogens with one attached hydrogen (secondary N) is 1. The Kier molecular flexibility index (Phi) is 6.65. The molecule has 1 aliphatic rings. The van der Waals surface area contributed by atoms with Gasteiger partial charge < -0.3 is 14.7 Å². The van der Waals surface area contributed by atoms with Crippen molar-refractivity contribution in [2.24, 2.45) is 0 Å². The largest absolute Gasteiger partial charge is 0.480 e. The molecule has 0 fully saturated rings. The van der Waals surface area contributed by atoms with Crippen molar-refractivity contribution in [3.63, 3.8) is 0 Å². The van der Waals surface area contributed by atoms with Crippen LogP contribution in [-0.4, -0.2) is 34.8 Å². The maximum absolute atomic E-state index is 12.0. The van der Waals surface area contributed by atoms with Gasteiger partial charge in [-0.05, 0) is 98.0 Å². The van der Waals surface area contributed by atoms with Crippen LogP contribution < -0.4 is 0 Å². The summed E-state index contributed by atoms with van der Waals surface area (Å²) in [5, 5.41) is 11.6. The number of H-pyrrole nitrogens is 1. The van der Waals surface area contributed by atoms with Gasteiger partial charge in [0.15, 0.2) is 9.84 Å². The van der Waals surface area contributed by atoms with Crippen molar-refractivity contribution in [1.29, 1.82) is 0 Å². The van der Waals surface area contributed by atoms with E-state index < -0.39 is 15.8 Å². The van der Waals surface area contributed by atoms with Crippen LogP contribution in [0.5, 0.6) is 0 Å². The summed E-state index contributed by atoms with van der Waals surface area (Å²) < 4.78 is 25.9. The molecule has 0 spiro atoms. The average Bonchev–Trinajstić information content (AvgIpc) is 3.45. The molecule has 0 saturated carbocycles. The van der Waals surface area contributed by atoms with Gasteiger partial charge in [-0.15, -0.1) is 0 Å². The van der Waals surface area contributed by atoms with Gasteiger partial charge in [-0.25, -0.2) is 8.42 Å². The third-order valence-corrected chi connectivity index (χ3v) is 9.11. The van der Waals surface area contributed by atoms with Crippen LogP contribution in [0.4, 0.5) is 0 Å². The summed E-state index contributed by atoms with van der Waals surface area (Å²) in [5.74, 6) is -0.687. The average molecular weight is 529 g/mol. The molecule has 1 aliphatic heterocycles. The van der Waals surface area contributed by atoms with Crippen LogP contribution in [-0.2, 0) is 34.0 Å². The van der Waals surface area contributed by atoms with Crippen LogP contribution in [0.15, 0.2) is 65.6 Å². The van der Waals surface area contributed by atoms with Crippen molar-refractivity contribution in [3.8, 4) is 0 Å². The molecule has 7 heteroatoms. The lowest BCUT2D eigenvalue weighted by molar-refractivity contribution is -0.137. The van der Waals surface area contributed by atoms with Crippen molar-refractivity contribution in [3.05, 3.63) is 99.9 Å². The van der Waals surface area contributed by atoms with E-state index in [0.717, 1.165) is 38.9 Å². The highest BCUT2D eigenvalue weighted by atomic mass is 32.2. The third-order valence-electron chi connectivity index (χ3n) is 7.30. The highest BCUT2D eigenvalue weighted by Gasteiger charge is 2.26. The Hall–Kier alpha value is -3.84. The van der Waals surface area contributed by atoms with E-state index in [2.05, 4.69) is 43.1 Å². The van der Waals surface area contributed by atoms with Crippen molar-refractivity contribution in [2.75, 3.05) is 5.75 Å². The predicted molar refractivity (Wildman–Crippen MR) is 152 cm³/mol. The normalized spacial score (nSPS) is 13.9. The van der Waals surface area contributed by atoms with E-state index in [9.17, 15) is 18.3 Å². The molecule has 0 amide bonds. The smallest absolute Gasteiger partial charge is 0.323 e. The second-order valence-electron chi connectivity index (χ2n) is 10.3. The molecule has 3 heterocycles. The number of aromatic nitrogens is 2. The molecule has 5 aromatic rings. The Morgan fingerprint density at radius 1 is 0.947 bits per heavy atom. The molecule has 6 nitrogen and oxygen atoms in total. The lowest BCUT2D eigenvalue weighted by Crippen LogP contribution is -2.10. The number of aryl methyl sites for hydroxylation is 4. The summed E-state index contributed by atoms with van der Waals surface area (Å²) >= 11 is 0. The molecule has 196 valence electrons. The molecule has 0 bridgehead atoms. The Morgan fingerprint density at radius 3 is 2.45 bits per heavy atom. The molecule has 2 N–H and O–H groups in total. The van der Waals surface area contributed by atoms with Crippen molar-refractivity contribution in [1.82, 2.24) is 9.55 Å². The number of aromatic amines is 1. The van der Waals surface area contributed by atoms with Gasteiger partial charge in [-0.1, -0.05) is 36.4 Å². The SMILES string of the molecule is Cc1ccc2c(Cc3ccc4c(c3)CCS4(=O)=O)c(C)n(CC(=O)O)c2c1.Cc1ccc2cc(C)[nH]c2c1. The van der Waals surface area contributed by atoms with Crippen LogP contribution in [0.2, 0.25) is 0 Å². The summed E-state index contributed by atoms with van der Waals surface area (Å²) in [6.45, 7) is 8.05. The number of carboxylic acids is 1. The molecular weight excluding hydrogens is 496 g/mol. The van der Waals surface area contributed by atoms with Crippen molar-refractivity contribution in [2.45, 2.75) is 52.0 Å². The molecule has 0 unspecified atom stereocenters. The minimum atomic E-state index is -3.12. The van der Waals surface area contributed by atoms with Crippen LogP contribution in [0.3, 0.4) is 0 Å². The second kappa shape index (κ2) is 9.80. The van der Waals surface area contributed by atoms with Gasteiger partial charge in [0.2, 0.25) is 0 Å². The van der Waals surface area contributed by atoms with Crippen LogP contribution in [0.25, 0.3) is 21.8 Å². The molecule has 0 radical (unpaired) electrons. The fourth-order valence-electron chi connectivity index (χ4n) is 5.41. The fraction of sp³-hybridized carbons (Fsp3) is 0.258. The van der Waals surface area contributed by atoms with Crippen LogP contribution >= 0.6 is 0 Å².